The normalized spacial score (nSPS) is 20.4. The third kappa shape index (κ3) is 4.50. The van der Waals surface area contributed by atoms with Crippen LogP contribution < -0.4 is 14.8 Å². The Kier molecular flexibility index (Phi) is 6.11. The second kappa shape index (κ2) is 8.96. The van der Waals surface area contributed by atoms with Crippen LogP contribution in [0.25, 0.3) is 0 Å². The van der Waals surface area contributed by atoms with Gasteiger partial charge in [0.2, 0.25) is 5.91 Å². The van der Waals surface area contributed by atoms with Gasteiger partial charge < -0.3 is 19.7 Å². The number of nitrogens with one attached hydrogen (secondary N) is 1. The van der Waals surface area contributed by atoms with Crippen molar-refractivity contribution in [3.05, 3.63) is 59.4 Å². The van der Waals surface area contributed by atoms with E-state index in [-0.39, 0.29) is 23.9 Å². The summed E-state index contributed by atoms with van der Waals surface area (Å²) in [5.41, 5.74) is 0.848. The number of carbonyl (C=O) groups excluding carboxylic acids is 2. The summed E-state index contributed by atoms with van der Waals surface area (Å²) < 4.78 is 25.1. The van der Waals surface area contributed by atoms with Crippen LogP contribution >= 0.6 is 0 Å². The number of benzene rings is 2. The lowest BCUT2D eigenvalue weighted by atomic mass is 9.87. The minimum atomic E-state index is -0.562. The summed E-state index contributed by atoms with van der Waals surface area (Å²) in [7, 11) is 3.14. The molecule has 1 saturated heterocycles. The lowest BCUT2D eigenvalue weighted by molar-refractivity contribution is -0.125. The standard InChI is InChI=1S/C24H27FN2O4/c1-30-16-9-10-17(22(11-16)31-2)19-13-27(24(29)18-5-3-4-6-21(18)25)14-20(19)23(28)26-12-15-7-8-15/h3-6,9-11,15,19-20H,7-8,12-14H2,1-2H3,(H,26,28). The van der Waals surface area contributed by atoms with E-state index in [1.807, 2.05) is 12.1 Å². The maximum absolute atomic E-state index is 14.2. The number of halogens is 1. The van der Waals surface area contributed by atoms with E-state index >= 15 is 0 Å². The summed E-state index contributed by atoms with van der Waals surface area (Å²) in [6, 6.07) is 11.4. The van der Waals surface area contributed by atoms with Crippen molar-refractivity contribution in [1.82, 2.24) is 10.2 Å². The van der Waals surface area contributed by atoms with Gasteiger partial charge in [0.05, 0.1) is 25.7 Å². The summed E-state index contributed by atoms with van der Waals surface area (Å²) in [5.74, 6) is 0.0274. The van der Waals surface area contributed by atoms with Crippen LogP contribution in [0.4, 0.5) is 4.39 Å². The van der Waals surface area contributed by atoms with Gasteiger partial charge in [0.25, 0.3) is 5.91 Å². The Morgan fingerprint density at radius 1 is 1.10 bits per heavy atom. The topological polar surface area (TPSA) is 67.9 Å². The molecule has 2 amide bonds. The lowest BCUT2D eigenvalue weighted by Crippen LogP contribution is -2.36. The van der Waals surface area contributed by atoms with Gasteiger partial charge in [0, 0.05) is 37.2 Å². The van der Waals surface area contributed by atoms with Crippen molar-refractivity contribution in [2.45, 2.75) is 18.8 Å². The number of amides is 2. The van der Waals surface area contributed by atoms with E-state index in [1.165, 1.54) is 12.1 Å². The molecular weight excluding hydrogens is 399 g/mol. The Bertz CT molecular complexity index is 976. The van der Waals surface area contributed by atoms with Crippen molar-refractivity contribution in [2.75, 3.05) is 33.9 Å². The highest BCUT2D eigenvalue weighted by Gasteiger charge is 2.42. The summed E-state index contributed by atoms with van der Waals surface area (Å²) in [6.07, 6.45) is 2.27. The van der Waals surface area contributed by atoms with Gasteiger partial charge in [-0.15, -0.1) is 0 Å². The number of nitrogens with zero attached hydrogens (tertiary/aromatic N) is 1. The van der Waals surface area contributed by atoms with Crippen LogP contribution in [0.2, 0.25) is 0 Å². The fourth-order valence-corrected chi connectivity index (χ4v) is 4.18. The molecular formula is C24H27FN2O4. The molecule has 0 bridgehead atoms. The zero-order valence-electron chi connectivity index (χ0n) is 17.8. The van der Waals surface area contributed by atoms with E-state index in [1.54, 1.807) is 37.3 Å². The molecule has 0 spiro atoms. The van der Waals surface area contributed by atoms with Crippen LogP contribution in [-0.2, 0) is 4.79 Å². The molecule has 1 aliphatic carbocycles. The largest absolute Gasteiger partial charge is 0.497 e. The molecule has 1 saturated carbocycles. The summed E-state index contributed by atoms with van der Waals surface area (Å²) >= 11 is 0. The van der Waals surface area contributed by atoms with E-state index in [0.717, 1.165) is 18.4 Å². The van der Waals surface area contributed by atoms with Crippen LogP contribution in [-0.4, -0.2) is 50.6 Å². The number of methoxy groups -OCH3 is 2. The van der Waals surface area contributed by atoms with Gasteiger partial charge in [-0.2, -0.15) is 0 Å². The van der Waals surface area contributed by atoms with Gasteiger partial charge in [-0.05, 0) is 37.0 Å². The van der Waals surface area contributed by atoms with Gasteiger partial charge in [0.1, 0.15) is 17.3 Å². The highest BCUT2D eigenvalue weighted by Crippen LogP contribution is 2.40. The van der Waals surface area contributed by atoms with E-state index < -0.39 is 17.6 Å². The number of rotatable bonds is 7. The third-order valence-corrected chi connectivity index (χ3v) is 6.15. The quantitative estimate of drug-likeness (QED) is 0.738. The van der Waals surface area contributed by atoms with Crippen molar-refractivity contribution in [3.63, 3.8) is 0 Å². The minimum absolute atomic E-state index is 0.0157. The Labute approximate surface area is 181 Å². The van der Waals surface area contributed by atoms with Crippen LogP contribution in [0.15, 0.2) is 42.5 Å². The first-order chi connectivity index (χ1) is 15.0. The van der Waals surface area contributed by atoms with Gasteiger partial charge in [-0.3, -0.25) is 9.59 Å². The van der Waals surface area contributed by atoms with Crippen molar-refractivity contribution in [2.24, 2.45) is 11.8 Å². The van der Waals surface area contributed by atoms with Crippen LogP contribution in [0.5, 0.6) is 11.5 Å². The zero-order valence-corrected chi connectivity index (χ0v) is 17.8. The Morgan fingerprint density at radius 3 is 2.55 bits per heavy atom. The van der Waals surface area contributed by atoms with Crippen molar-refractivity contribution >= 4 is 11.8 Å². The van der Waals surface area contributed by atoms with Crippen LogP contribution in [0.1, 0.15) is 34.7 Å². The molecule has 2 unspecified atom stereocenters. The van der Waals surface area contributed by atoms with Crippen LogP contribution in [0, 0.1) is 17.7 Å². The Balaban J connectivity index is 1.62. The van der Waals surface area contributed by atoms with Crippen molar-refractivity contribution in [3.8, 4) is 11.5 Å². The van der Waals surface area contributed by atoms with Gasteiger partial charge in [-0.25, -0.2) is 4.39 Å². The second-order valence-corrected chi connectivity index (χ2v) is 8.20. The fraction of sp³-hybridized carbons (Fsp3) is 0.417. The van der Waals surface area contributed by atoms with E-state index in [0.29, 0.717) is 30.5 Å². The molecule has 2 aromatic rings. The summed E-state index contributed by atoms with van der Waals surface area (Å²) in [5, 5.41) is 3.04. The number of hydrogen-bond acceptors (Lipinski definition) is 4. The number of ether oxygens (including phenoxy) is 2. The summed E-state index contributed by atoms with van der Waals surface area (Å²) in [6.45, 7) is 1.18. The highest BCUT2D eigenvalue weighted by atomic mass is 19.1. The molecule has 6 nitrogen and oxygen atoms in total. The molecule has 0 radical (unpaired) electrons. The monoisotopic (exact) mass is 426 g/mol. The fourth-order valence-electron chi connectivity index (χ4n) is 4.18. The number of hydrogen-bond donors (Lipinski definition) is 1. The molecule has 2 aromatic carbocycles. The smallest absolute Gasteiger partial charge is 0.256 e. The maximum atomic E-state index is 14.2. The average molecular weight is 426 g/mol. The highest BCUT2D eigenvalue weighted by molar-refractivity contribution is 5.95. The predicted molar refractivity (Wildman–Crippen MR) is 114 cm³/mol. The SMILES string of the molecule is COc1ccc(C2CN(C(=O)c3ccccc3F)CC2C(=O)NCC2CC2)c(OC)c1. The first kappa shape index (κ1) is 21.2. The molecule has 7 heteroatoms. The van der Waals surface area contributed by atoms with Gasteiger partial charge in [0.15, 0.2) is 0 Å². The van der Waals surface area contributed by atoms with Crippen molar-refractivity contribution < 1.29 is 23.5 Å². The van der Waals surface area contributed by atoms with Gasteiger partial charge in [-0.1, -0.05) is 18.2 Å². The number of carbonyl (C=O) groups is 2. The molecule has 164 valence electrons. The zero-order chi connectivity index (χ0) is 22.0. The summed E-state index contributed by atoms with van der Waals surface area (Å²) in [4.78, 5) is 27.7. The van der Waals surface area contributed by atoms with E-state index in [9.17, 15) is 14.0 Å². The molecule has 1 N–H and O–H groups in total. The minimum Gasteiger partial charge on any atom is -0.497 e. The Hall–Kier alpha value is -3.09. The van der Waals surface area contributed by atoms with E-state index in [4.69, 9.17) is 9.47 Å². The first-order valence-corrected chi connectivity index (χ1v) is 10.5. The molecule has 31 heavy (non-hydrogen) atoms. The lowest BCUT2D eigenvalue weighted by Gasteiger charge is -2.21. The molecule has 1 aliphatic heterocycles. The van der Waals surface area contributed by atoms with Crippen LogP contribution in [0.3, 0.4) is 0 Å². The number of likely N-dealkylation sites (tertiary alicyclic amines) is 1. The third-order valence-electron chi connectivity index (χ3n) is 6.15. The molecule has 0 aromatic heterocycles. The average Bonchev–Trinajstić information content (AvgIpc) is 3.52. The van der Waals surface area contributed by atoms with Gasteiger partial charge >= 0.3 is 0 Å². The van der Waals surface area contributed by atoms with Crippen molar-refractivity contribution in [1.29, 1.82) is 0 Å². The molecule has 1 heterocycles. The molecule has 2 aliphatic rings. The molecule has 2 atom stereocenters. The van der Waals surface area contributed by atoms with E-state index in [2.05, 4.69) is 5.32 Å². The Morgan fingerprint density at radius 2 is 1.87 bits per heavy atom. The molecule has 2 fully saturated rings. The maximum Gasteiger partial charge on any atom is 0.256 e. The molecule has 4 rings (SSSR count). The second-order valence-electron chi connectivity index (χ2n) is 8.20. The predicted octanol–water partition coefficient (Wildman–Crippen LogP) is 3.22. The first-order valence-electron chi connectivity index (χ1n) is 10.5.